The van der Waals surface area contributed by atoms with Gasteiger partial charge >= 0.3 is 0 Å². The normalized spacial score (nSPS) is 11.6. The maximum Gasteiger partial charge on any atom is 0.256 e. The fourth-order valence-corrected chi connectivity index (χ4v) is 6.54. The van der Waals surface area contributed by atoms with Crippen LogP contribution in [-0.4, -0.2) is 39.4 Å². The molecule has 0 atom stereocenters. The van der Waals surface area contributed by atoms with Crippen LogP contribution in [-0.2, 0) is 20.0 Å². The number of carbonyl (C=O) groups is 2. The molecule has 0 aliphatic rings. The van der Waals surface area contributed by atoms with Gasteiger partial charge in [0.25, 0.3) is 31.9 Å². The molecule has 0 saturated carbocycles. The number of anilines is 2. The van der Waals surface area contributed by atoms with Crippen molar-refractivity contribution < 1.29 is 26.4 Å². The molecular formula is C27H23N3O6S2. The van der Waals surface area contributed by atoms with Crippen LogP contribution in [0.1, 0.15) is 20.7 Å². The topological polar surface area (TPSA) is 130 Å². The van der Waals surface area contributed by atoms with Crippen molar-refractivity contribution >= 4 is 43.2 Å². The molecule has 194 valence electrons. The van der Waals surface area contributed by atoms with Gasteiger partial charge in [-0.3, -0.25) is 9.59 Å². The minimum absolute atomic E-state index is 0.270. The molecule has 11 heteroatoms. The highest BCUT2D eigenvalue weighted by atomic mass is 32.3. The summed E-state index contributed by atoms with van der Waals surface area (Å²) < 4.78 is 52.6. The first-order valence-electron chi connectivity index (χ1n) is 11.3. The predicted octanol–water partition coefficient (Wildman–Crippen LogP) is 4.20. The van der Waals surface area contributed by atoms with Crippen LogP contribution in [0.3, 0.4) is 0 Å². The molecule has 0 heterocycles. The van der Waals surface area contributed by atoms with Gasteiger partial charge in [-0.05, 0) is 72.8 Å². The maximum atomic E-state index is 13.1. The summed E-state index contributed by atoms with van der Waals surface area (Å²) in [4.78, 5) is 24.1. The van der Waals surface area contributed by atoms with E-state index in [1.165, 1.54) is 48.5 Å². The number of rotatable bonds is 8. The third kappa shape index (κ3) is 5.80. The highest BCUT2D eigenvalue weighted by Gasteiger charge is 2.33. The molecule has 2 amide bonds. The van der Waals surface area contributed by atoms with E-state index in [1.807, 2.05) is 0 Å². The Morgan fingerprint density at radius 2 is 0.842 bits per heavy atom. The first-order valence-corrected chi connectivity index (χ1v) is 14.1. The Morgan fingerprint density at radius 3 is 1.16 bits per heavy atom. The fraction of sp³-hybridized carbons (Fsp3) is 0.0370. The van der Waals surface area contributed by atoms with Gasteiger partial charge in [0.05, 0.1) is 9.79 Å². The zero-order valence-electron chi connectivity index (χ0n) is 20.1. The summed E-state index contributed by atoms with van der Waals surface area (Å²) in [5, 5.41) is 5.31. The Morgan fingerprint density at radius 1 is 0.526 bits per heavy atom. The fourth-order valence-electron chi connectivity index (χ4n) is 3.43. The SMILES string of the molecule is CN(S(=O)(=O)c1ccc(NC(=O)c2ccccc2)cc1)S(=O)(=O)c1ccc(NC(=O)c2ccccc2)cc1. The molecule has 2 N–H and O–H groups in total. The largest absolute Gasteiger partial charge is 0.322 e. The van der Waals surface area contributed by atoms with E-state index in [2.05, 4.69) is 10.6 Å². The van der Waals surface area contributed by atoms with Crippen molar-refractivity contribution in [3.05, 3.63) is 120 Å². The minimum atomic E-state index is -4.44. The number of carbonyl (C=O) groups excluding carboxylic acids is 2. The van der Waals surface area contributed by atoms with E-state index >= 15 is 0 Å². The van der Waals surface area contributed by atoms with Crippen LogP contribution >= 0.6 is 0 Å². The molecule has 0 aliphatic heterocycles. The van der Waals surface area contributed by atoms with Gasteiger partial charge in [0.15, 0.2) is 0 Å². The van der Waals surface area contributed by atoms with Crippen LogP contribution in [0.4, 0.5) is 11.4 Å². The van der Waals surface area contributed by atoms with Crippen LogP contribution < -0.4 is 10.6 Å². The number of amides is 2. The van der Waals surface area contributed by atoms with Crippen molar-refractivity contribution in [2.24, 2.45) is 0 Å². The minimum Gasteiger partial charge on any atom is -0.322 e. The summed E-state index contributed by atoms with van der Waals surface area (Å²) >= 11 is 0. The Kier molecular flexibility index (Phi) is 7.72. The number of nitrogens with zero attached hydrogens (tertiary/aromatic N) is 1. The number of nitrogens with one attached hydrogen (secondary N) is 2. The maximum absolute atomic E-state index is 13.1. The average Bonchev–Trinajstić information content (AvgIpc) is 2.94. The van der Waals surface area contributed by atoms with Crippen LogP contribution in [0.25, 0.3) is 0 Å². The lowest BCUT2D eigenvalue weighted by Crippen LogP contribution is -2.33. The summed E-state index contributed by atoms with van der Waals surface area (Å²) in [5.41, 5.74) is 1.55. The molecule has 0 fully saturated rings. The van der Waals surface area contributed by atoms with E-state index in [1.54, 1.807) is 60.7 Å². The van der Waals surface area contributed by atoms with Crippen molar-refractivity contribution in [2.75, 3.05) is 17.7 Å². The first kappa shape index (κ1) is 26.7. The molecular weight excluding hydrogens is 526 g/mol. The lowest BCUT2D eigenvalue weighted by atomic mass is 10.2. The van der Waals surface area contributed by atoms with Crippen molar-refractivity contribution in [3.8, 4) is 0 Å². The summed E-state index contributed by atoms with van der Waals surface area (Å²) in [5.74, 6) is -0.742. The molecule has 0 unspecified atom stereocenters. The molecule has 4 rings (SSSR count). The number of benzene rings is 4. The molecule has 0 spiro atoms. The third-order valence-corrected chi connectivity index (χ3v) is 9.84. The number of sulfonamides is 2. The molecule has 0 bridgehead atoms. The molecule has 9 nitrogen and oxygen atoms in total. The standard InChI is InChI=1S/C27H23N3O6S2/c1-30(37(33,34)24-16-12-22(13-17-24)28-26(31)20-8-4-2-5-9-20)38(35,36)25-18-14-23(15-19-25)29-27(32)21-10-6-3-7-11-21/h2-19H,1H3,(H,28,31)(H,29,32). The van der Waals surface area contributed by atoms with Crippen LogP contribution in [0.5, 0.6) is 0 Å². The van der Waals surface area contributed by atoms with Gasteiger partial charge in [0.1, 0.15) is 0 Å². The van der Waals surface area contributed by atoms with Crippen molar-refractivity contribution in [2.45, 2.75) is 9.79 Å². The molecule has 0 saturated heterocycles. The monoisotopic (exact) mass is 549 g/mol. The van der Waals surface area contributed by atoms with E-state index in [0.29, 0.717) is 22.5 Å². The Hall–Kier alpha value is -4.32. The van der Waals surface area contributed by atoms with Gasteiger partial charge in [-0.25, -0.2) is 16.8 Å². The Balaban J connectivity index is 1.47. The second kappa shape index (κ2) is 11.0. The summed E-state index contributed by atoms with van der Waals surface area (Å²) in [6.45, 7) is 0. The lowest BCUT2D eigenvalue weighted by Gasteiger charge is -2.18. The Labute approximate surface area is 220 Å². The number of hydrogen-bond donors (Lipinski definition) is 2. The van der Waals surface area contributed by atoms with E-state index in [9.17, 15) is 26.4 Å². The zero-order valence-corrected chi connectivity index (χ0v) is 21.7. The first-order chi connectivity index (χ1) is 18.1. The van der Waals surface area contributed by atoms with E-state index < -0.39 is 20.0 Å². The van der Waals surface area contributed by atoms with E-state index in [4.69, 9.17) is 0 Å². The van der Waals surface area contributed by atoms with Crippen molar-refractivity contribution in [3.63, 3.8) is 0 Å². The number of hydrogen-bond acceptors (Lipinski definition) is 6. The zero-order chi connectivity index (χ0) is 27.3. The Bertz CT molecular complexity index is 1530. The lowest BCUT2D eigenvalue weighted by molar-refractivity contribution is 0.101. The van der Waals surface area contributed by atoms with E-state index in [0.717, 1.165) is 7.05 Å². The summed E-state index contributed by atoms with van der Waals surface area (Å²) in [7, 11) is -7.94. The van der Waals surface area contributed by atoms with Gasteiger partial charge in [0.2, 0.25) is 0 Å². The van der Waals surface area contributed by atoms with Gasteiger partial charge in [-0.15, -0.1) is 0 Å². The van der Waals surface area contributed by atoms with Gasteiger partial charge in [-0.2, -0.15) is 0 Å². The van der Waals surface area contributed by atoms with Crippen LogP contribution in [0.2, 0.25) is 0 Å². The van der Waals surface area contributed by atoms with Gasteiger partial charge in [-0.1, -0.05) is 40.1 Å². The predicted molar refractivity (Wildman–Crippen MR) is 144 cm³/mol. The smallest absolute Gasteiger partial charge is 0.256 e. The summed E-state index contributed by atoms with van der Waals surface area (Å²) in [6.07, 6.45) is 0. The van der Waals surface area contributed by atoms with Crippen molar-refractivity contribution in [1.82, 2.24) is 3.71 Å². The molecule has 4 aromatic carbocycles. The van der Waals surface area contributed by atoms with E-state index in [-0.39, 0.29) is 25.3 Å². The van der Waals surface area contributed by atoms with Crippen LogP contribution in [0, 0.1) is 0 Å². The molecule has 4 aromatic rings. The van der Waals surface area contributed by atoms with Gasteiger partial charge in [0, 0.05) is 29.5 Å². The van der Waals surface area contributed by atoms with Crippen LogP contribution in [0.15, 0.2) is 119 Å². The molecule has 0 aliphatic carbocycles. The second-order valence-electron chi connectivity index (χ2n) is 8.08. The summed E-state index contributed by atoms with van der Waals surface area (Å²) in [6, 6.07) is 27.3. The highest BCUT2D eigenvalue weighted by molar-refractivity contribution is 8.04. The molecule has 38 heavy (non-hydrogen) atoms. The van der Waals surface area contributed by atoms with Crippen molar-refractivity contribution in [1.29, 1.82) is 0 Å². The quantitative estimate of drug-likeness (QED) is 0.339. The third-order valence-electron chi connectivity index (χ3n) is 5.57. The van der Waals surface area contributed by atoms with Gasteiger partial charge < -0.3 is 10.6 Å². The second-order valence-corrected chi connectivity index (χ2v) is 12.2. The molecule has 0 aromatic heterocycles. The highest BCUT2D eigenvalue weighted by Crippen LogP contribution is 2.25. The average molecular weight is 550 g/mol. The molecule has 0 radical (unpaired) electrons.